The molecule has 0 amide bonds. The third-order valence-electron chi connectivity index (χ3n) is 19.0. The fraction of sp³-hybridized carbons (Fsp3) is 0. The molecular formula is C93H57N3O6. The van der Waals surface area contributed by atoms with Crippen molar-refractivity contribution in [2.24, 2.45) is 0 Å². The molecule has 21 rings (SSSR count). The van der Waals surface area contributed by atoms with Gasteiger partial charge in [0.15, 0.2) is 16.7 Å². The number of furan rings is 3. The Hall–Kier alpha value is -13.9. The van der Waals surface area contributed by atoms with Crippen LogP contribution in [-0.4, -0.2) is 15.0 Å². The predicted molar refractivity (Wildman–Crippen MR) is 413 cm³/mol. The molecule has 0 unspecified atom stereocenters. The SMILES string of the molecule is c1ccc(-c2ccc3nc(-c4ccc(-c5cccc6c5oc5ccccc56)cc4)oc3c2)cc1.c1ccc(-c2ccc3oc(-c4ccc(-c5cccc6c5oc5ccccc56)cc4)nc3c2)cc1.c1ccc(-c2cccc3nc(-c4ccc(-c5cccc6c5oc5ccccc56)cc4)oc23)cc1. The minimum absolute atomic E-state index is 0.617. The topological polar surface area (TPSA) is 118 Å². The maximum atomic E-state index is 6.27. The van der Waals surface area contributed by atoms with E-state index in [1.165, 1.54) is 0 Å². The van der Waals surface area contributed by atoms with Gasteiger partial charge in [0, 0.05) is 71.3 Å². The summed E-state index contributed by atoms with van der Waals surface area (Å²) < 4.78 is 37.1. The highest BCUT2D eigenvalue weighted by atomic mass is 16.4. The molecule has 6 heterocycles. The Bertz CT molecular complexity index is 6390. The van der Waals surface area contributed by atoms with Gasteiger partial charge in [0.2, 0.25) is 17.7 Å². The van der Waals surface area contributed by atoms with Crippen LogP contribution in [0.25, 0.3) is 200 Å². The van der Waals surface area contributed by atoms with Crippen LogP contribution in [0.5, 0.6) is 0 Å². The summed E-state index contributed by atoms with van der Waals surface area (Å²) in [5, 5.41) is 6.80. The van der Waals surface area contributed by atoms with Gasteiger partial charge in [-0.1, -0.05) is 261 Å². The molecule has 480 valence electrons. The molecule has 0 aliphatic carbocycles. The molecule has 0 N–H and O–H groups in total. The Labute approximate surface area is 584 Å². The molecule has 9 heteroatoms. The Morgan fingerprint density at radius 3 is 0.951 bits per heavy atom. The minimum Gasteiger partial charge on any atom is -0.455 e. The predicted octanol–water partition coefficient (Wildman–Crippen LogP) is 26.2. The number of hydrogen-bond acceptors (Lipinski definition) is 9. The third kappa shape index (κ3) is 10.9. The van der Waals surface area contributed by atoms with E-state index in [-0.39, 0.29) is 0 Å². The zero-order valence-corrected chi connectivity index (χ0v) is 54.7. The molecule has 6 aromatic heterocycles. The highest BCUT2D eigenvalue weighted by molar-refractivity contribution is 6.12. The zero-order valence-electron chi connectivity index (χ0n) is 54.7. The summed E-state index contributed by atoms with van der Waals surface area (Å²) >= 11 is 0. The van der Waals surface area contributed by atoms with Crippen molar-refractivity contribution in [3.05, 3.63) is 346 Å². The Kier molecular flexibility index (Phi) is 14.7. The molecule has 15 aromatic carbocycles. The van der Waals surface area contributed by atoms with Gasteiger partial charge in [-0.15, -0.1) is 0 Å². The number of aromatic nitrogens is 3. The maximum Gasteiger partial charge on any atom is 0.227 e. The molecule has 0 atom stereocenters. The van der Waals surface area contributed by atoms with E-state index in [0.717, 1.165) is 183 Å². The quantitative estimate of drug-likeness (QED) is 0.139. The summed E-state index contributed by atoms with van der Waals surface area (Å²) in [5.74, 6) is 1.86. The van der Waals surface area contributed by atoms with E-state index >= 15 is 0 Å². The summed E-state index contributed by atoms with van der Waals surface area (Å²) in [6.07, 6.45) is 0. The molecule has 102 heavy (non-hydrogen) atoms. The zero-order chi connectivity index (χ0) is 67.5. The fourth-order valence-corrected chi connectivity index (χ4v) is 13.9. The molecule has 0 aliphatic rings. The van der Waals surface area contributed by atoms with Crippen LogP contribution in [0.2, 0.25) is 0 Å². The van der Waals surface area contributed by atoms with E-state index < -0.39 is 0 Å². The van der Waals surface area contributed by atoms with Crippen molar-refractivity contribution in [1.82, 2.24) is 15.0 Å². The van der Waals surface area contributed by atoms with Crippen LogP contribution in [0.1, 0.15) is 0 Å². The first-order valence-electron chi connectivity index (χ1n) is 33.9. The Morgan fingerprint density at radius 2 is 0.480 bits per heavy atom. The van der Waals surface area contributed by atoms with Crippen LogP contribution in [0.15, 0.2) is 372 Å². The van der Waals surface area contributed by atoms with Crippen LogP contribution < -0.4 is 0 Å². The average molecular weight is 1310 g/mol. The molecule has 0 spiro atoms. The van der Waals surface area contributed by atoms with E-state index in [0.29, 0.717) is 17.7 Å². The van der Waals surface area contributed by atoms with Gasteiger partial charge in [0.25, 0.3) is 0 Å². The van der Waals surface area contributed by atoms with Crippen molar-refractivity contribution in [3.8, 4) is 101 Å². The maximum absolute atomic E-state index is 6.27. The summed E-state index contributed by atoms with van der Waals surface area (Å²) in [6, 6.07) is 118. The van der Waals surface area contributed by atoms with Crippen LogP contribution in [0.3, 0.4) is 0 Å². The van der Waals surface area contributed by atoms with E-state index in [4.69, 9.17) is 41.5 Å². The molecule has 0 fully saturated rings. The van der Waals surface area contributed by atoms with Gasteiger partial charge in [-0.05, 0) is 129 Å². The van der Waals surface area contributed by atoms with Crippen LogP contribution in [-0.2, 0) is 0 Å². The van der Waals surface area contributed by atoms with E-state index in [1.54, 1.807) is 0 Å². The van der Waals surface area contributed by atoms with Gasteiger partial charge < -0.3 is 26.5 Å². The average Bonchev–Trinajstić information content (AvgIpc) is 1.63. The van der Waals surface area contributed by atoms with Crippen molar-refractivity contribution < 1.29 is 26.5 Å². The van der Waals surface area contributed by atoms with Gasteiger partial charge in [-0.25, -0.2) is 15.0 Å². The Balaban J connectivity index is 0.000000106. The van der Waals surface area contributed by atoms with Gasteiger partial charge >= 0.3 is 0 Å². The van der Waals surface area contributed by atoms with Crippen molar-refractivity contribution in [2.45, 2.75) is 0 Å². The standard InChI is InChI=1S/3C31H19NO2/c1-2-8-20(9-3-1)24-12-7-14-27-30(24)34-31(32-27)22-18-16-21(17-19-22)23-11-6-13-26-25-10-4-5-15-28(25)33-29(23)26;1-2-7-20(8-3-1)23-17-18-29-27(19-23)32-31(34-29)22-15-13-21(14-16-22)24-10-6-11-26-25-9-4-5-12-28(25)33-30(24)26;1-2-7-20(8-3-1)23-17-18-27-29(19-23)34-31(32-27)22-15-13-21(14-16-22)24-10-6-11-26-25-9-4-5-12-28(25)33-30(24)26/h3*1-19H. The highest BCUT2D eigenvalue weighted by Crippen LogP contribution is 2.42. The lowest BCUT2D eigenvalue weighted by molar-refractivity contribution is 0.619. The number of para-hydroxylation sites is 7. The third-order valence-corrected chi connectivity index (χ3v) is 19.0. The number of nitrogens with zero attached hydrogens (tertiary/aromatic N) is 3. The van der Waals surface area contributed by atoms with Gasteiger partial charge in [0.1, 0.15) is 50.0 Å². The second kappa shape index (κ2) is 25.2. The number of fused-ring (bicyclic) bond motifs is 12. The number of hydrogen-bond donors (Lipinski definition) is 0. The number of rotatable bonds is 9. The van der Waals surface area contributed by atoms with E-state index in [1.807, 2.05) is 133 Å². The normalized spacial score (nSPS) is 11.5. The molecule has 0 saturated heterocycles. The lowest BCUT2D eigenvalue weighted by Gasteiger charge is -2.04. The molecular weight excluding hydrogens is 1260 g/mol. The molecule has 9 nitrogen and oxygen atoms in total. The summed E-state index contributed by atoms with van der Waals surface area (Å²) in [6.45, 7) is 0. The second-order valence-electron chi connectivity index (χ2n) is 25.2. The number of benzene rings is 15. The van der Waals surface area contributed by atoms with Crippen LogP contribution in [0, 0.1) is 0 Å². The monoisotopic (exact) mass is 1310 g/mol. The van der Waals surface area contributed by atoms with Crippen molar-refractivity contribution in [3.63, 3.8) is 0 Å². The van der Waals surface area contributed by atoms with Crippen LogP contribution in [0.4, 0.5) is 0 Å². The highest BCUT2D eigenvalue weighted by Gasteiger charge is 2.19. The fourth-order valence-electron chi connectivity index (χ4n) is 13.9. The summed E-state index contributed by atoms with van der Waals surface area (Å²) in [4.78, 5) is 14.2. The van der Waals surface area contributed by atoms with E-state index in [2.05, 4.69) is 212 Å². The molecule has 0 bridgehead atoms. The van der Waals surface area contributed by atoms with Gasteiger partial charge in [-0.3, -0.25) is 0 Å². The number of oxazole rings is 3. The van der Waals surface area contributed by atoms with Crippen molar-refractivity contribution in [1.29, 1.82) is 0 Å². The summed E-state index contributed by atoms with van der Waals surface area (Å²) in [7, 11) is 0. The van der Waals surface area contributed by atoms with Gasteiger partial charge in [-0.2, -0.15) is 0 Å². The molecule has 0 saturated carbocycles. The van der Waals surface area contributed by atoms with Crippen molar-refractivity contribution >= 4 is 99.1 Å². The van der Waals surface area contributed by atoms with Gasteiger partial charge in [0.05, 0.1) is 0 Å². The van der Waals surface area contributed by atoms with Crippen LogP contribution >= 0.6 is 0 Å². The molecule has 21 aromatic rings. The lowest BCUT2D eigenvalue weighted by atomic mass is 10.0. The molecule has 0 radical (unpaired) electrons. The largest absolute Gasteiger partial charge is 0.455 e. The minimum atomic E-state index is 0.617. The first-order chi connectivity index (χ1) is 50.5. The summed E-state index contributed by atoms with van der Waals surface area (Å²) in [5.41, 5.74) is 26.4. The smallest absolute Gasteiger partial charge is 0.227 e. The second-order valence-corrected chi connectivity index (χ2v) is 25.2. The lowest BCUT2D eigenvalue weighted by Crippen LogP contribution is -1.81. The van der Waals surface area contributed by atoms with E-state index in [9.17, 15) is 0 Å². The first-order valence-corrected chi connectivity index (χ1v) is 33.9. The van der Waals surface area contributed by atoms with Crippen molar-refractivity contribution in [2.75, 3.05) is 0 Å². The first kappa shape index (κ1) is 59.4. The molecule has 0 aliphatic heterocycles. The Morgan fingerprint density at radius 1 is 0.157 bits per heavy atom.